The summed E-state index contributed by atoms with van der Waals surface area (Å²) in [4.78, 5) is 9.45. The van der Waals surface area contributed by atoms with Crippen LogP contribution in [0.1, 0.15) is 5.69 Å². The third-order valence-electron chi connectivity index (χ3n) is 2.25. The molecule has 1 aromatic rings. The molecule has 1 fully saturated rings. The van der Waals surface area contributed by atoms with Crippen molar-refractivity contribution in [2.45, 2.75) is 6.92 Å². The van der Waals surface area contributed by atoms with Gasteiger partial charge in [-0.3, -0.25) is 0 Å². The van der Waals surface area contributed by atoms with Gasteiger partial charge in [0.15, 0.2) is 0 Å². The normalized spacial score (nSPS) is 17.1. The Kier molecular flexibility index (Phi) is 2.58. The Bertz CT molecular complexity index is 302. The summed E-state index contributed by atoms with van der Waals surface area (Å²) in [5.74, 6) is 0.691. The molecule has 0 atom stereocenters. The summed E-state index contributed by atoms with van der Waals surface area (Å²) >= 11 is 0. The van der Waals surface area contributed by atoms with Crippen LogP contribution in [0.25, 0.3) is 0 Å². The molecule has 4 nitrogen and oxygen atoms in total. The molecule has 2 heterocycles. The molecule has 0 bridgehead atoms. The molecule has 5 heteroatoms. The number of piperazine rings is 1. The summed E-state index contributed by atoms with van der Waals surface area (Å²) in [6.07, 6.45) is -0.640. The van der Waals surface area contributed by atoms with Crippen molar-refractivity contribution in [1.82, 2.24) is 15.3 Å². The van der Waals surface area contributed by atoms with Crippen LogP contribution in [0.4, 0.5) is 10.2 Å². The van der Waals surface area contributed by atoms with Gasteiger partial charge in [0.05, 0.1) is 0 Å². The lowest BCUT2D eigenvalue weighted by Crippen LogP contribution is -2.44. The number of anilines is 1. The maximum absolute atomic E-state index is 12.9. The van der Waals surface area contributed by atoms with E-state index in [1.807, 2.05) is 6.07 Å². The summed E-state index contributed by atoms with van der Waals surface area (Å²) < 4.78 is 12.9. The zero-order valence-corrected chi connectivity index (χ0v) is 8.13. The molecule has 1 saturated heterocycles. The molecule has 0 spiro atoms. The molecule has 76 valence electrons. The predicted octanol–water partition coefficient (Wildman–Crippen LogP) is 0.334. The number of hydrogen-bond acceptors (Lipinski definition) is 4. The largest absolute Gasteiger partial charge is 0.354 e. The molecule has 1 aromatic heterocycles. The SMILES string of the molecule is Cc1cc(N2CCNCC2)nc(F)n1. The highest BCUT2D eigenvalue weighted by Crippen LogP contribution is 2.12. The fraction of sp³-hybridized carbons (Fsp3) is 0.556. The van der Waals surface area contributed by atoms with E-state index in [0.29, 0.717) is 11.5 Å². The molecule has 1 N–H and O–H groups in total. The fourth-order valence-electron chi connectivity index (χ4n) is 1.57. The monoisotopic (exact) mass is 196 g/mol. The van der Waals surface area contributed by atoms with Crippen LogP contribution in [0.2, 0.25) is 0 Å². The molecule has 0 unspecified atom stereocenters. The minimum Gasteiger partial charge on any atom is -0.354 e. The van der Waals surface area contributed by atoms with Crippen LogP contribution in [0, 0.1) is 13.0 Å². The Morgan fingerprint density at radius 3 is 2.71 bits per heavy atom. The Labute approximate surface area is 82.2 Å². The number of aromatic nitrogens is 2. The first kappa shape index (κ1) is 9.33. The molecule has 0 amide bonds. The van der Waals surface area contributed by atoms with Crippen molar-refractivity contribution in [2.75, 3.05) is 31.1 Å². The second kappa shape index (κ2) is 3.88. The van der Waals surface area contributed by atoms with Crippen molar-refractivity contribution in [3.05, 3.63) is 17.8 Å². The number of nitrogens with zero attached hydrogens (tertiary/aromatic N) is 3. The molecular weight excluding hydrogens is 183 g/mol. The first-order valence-electron chi connectivity index (χ1n) is 4.72. The zero-order chi connectivity index (χ0) is 9.97. The highest BCUT2D eigenvalue weighted by atomic mass is 19.1. The van der Waals surface area contributed by atoms with E-state index in [1.54, 1.807) is 6.92 Å². The van der Waals surface area contributed by atoms with Gasteiger partial charge in [-0.15, -0.1) is 0 Å². The van der Waals surface area contributed by atoms with E-state index >= 15 is 0 Å². The van der Waals surface area contributed by atoms with Crippen LogP contribution in [-0.2, 0) is 0 Å². The van der Waals surface area contributed by atoms with E-state index in [9.17, 15) is 4.39 Å². The molecule has 0 aliphatic carbocycles. The van der Waals surface area contributed by atoms with E-state index in [1.165, 1.54) is 0 Å². The van der Waals surface area contributed by atoms with Crippen LogP contribution in [0.5, 0.6) is 0 Å². The van der Waals surface area contributed by atoms with Crippen molar-refractivity contribution in [1.29, 1.82) is 0 Å². The number of hydrogen-bond donors (Lipinski definition) is 1. The lowest BCUT2D eigenvalue weighted by Gasteiger charge is -2.28. The van der Waals surface area contributed by atoms with Gasteiger partial charge < -0.3 is 10.2 Å². The van der Waals surface area contributed by atoms with Crippen molar-refractivity contribution in [2.24, 2.45) is 0 Å². The third-order valence-corrected chi connectivity index (χ3v) is 2.25. The van der Waals surface area contributed by atoms with Crippen molar-refractivity contribution in [3.63, 3.8) is 0 Å². The lowest BCUT2D eigenvalue weighted by atomic mass is 10.3. The van der Waals surface area contributed by atoms with Gasteiger partial charge in [0.1, 0.15) is 5.82 Å². The Morgan fingerprint density at radius 1 is 1.36 bits per heavy atom. The van der Waals surface area contributed by atoms with Gasteiger partial charge >= 0.3 is 6.08 Å². The summed E-state index contributed by atoms with van der Waals surface area (Å²) in [5, 5.41) is 3.23. The Balaban J connectivity index is 2.21. The van der Waals surface area contributed by atoms with Crippen LogP contribution in [-0.4, -0.2) is 36.1 Å². The Morgan fingerprint density at radius 2 is 2.07 bits per heavy atom. The van der Waals surface area contributed by atoms with E-state index in [2.05, 4.69) is 20.2 Å². The van der Waals surface area contributed by atoms with Gasteiger partial charge in [-0.05, 0) is 6.92 Å². The minimum atomic E-state index is -0.640. The minimum absolute atomic E-state index is 0.640. The molecule has 14 heavy (non-hydrogen) atoms. The maximum Gasteiger partial charge on any atom is 0.310 e. The first-order valence-corrected chi connectivity index (χ1v) is 4.72. The summed E-state index contributed by atoms with van der Waals surface area (Å²) in [5.41, 5.74) is 0.672. The third kappa shape index (κ3) is 1.98. The van der Waals surface area contributed by atoms with Gasteiger partial charge in [-0.2, -0.15) is 9.37 Å². The van der Waals surface area contributed by atoms with E-state index in [0.717, 1.165) is 26.2 Å². The average molecular weight is 196 g/mol. The highest BCUT2D eigenvalue weighted by Gasteiger charge is 2.12. The topological polar surface area (TPSA) is 41.0 Å². The van der Waals surface area contributed by atoms with E-state index < -0.39 is 6.08 Å². The van der Waals surface area contributed by atoms with Gasteiger partial charge in [-0.1, -0.05) is 0 Å². The fourth-order valence-corrected chi connectivity index (χ4v) is 1.57. The van der Waals surface area contributed by atoms with Gasteiger partial charge in [0.25, 0.3) is 0 Å². The first-order chi connectivity index (χ1) is 6.75. The van der Waals surface area contributed by atoms with Crippen LogP contribution in [0.15, 0.2) is 6.07 Å². The molecular formula is C9H13FN4. The predicted molar refractivity (Wildman–Crippen MR) is 51.8 cm³/mol. The zero-order valence-electron chi connectivity index (χ0n) is 8.13. The second-order valence-corrected chi connectivity index (χ2v) is 3.37. The quantitative estimate of drug-likeness (QED) is 0.657. The smallest absolute Gasteiger partial charge is 0.310 e. The van der Waals surface area contributed by atoms with E-state index in [4.69, 9.17) is 0 Å². The molecule has 2 rings (SSSR count). The average Bonchev–Trinajstić information content (AvgIpc) is 2.18. The summed E-state index contributed by atoms with van der Waals surface area (Å²) in [6.45, 7) is 5.36. The van der Waals surface area contributed by atoms with Crippen LogP contribution >= 0.6 is 0 Å². The summed E-state index contributed by atoms with van der Waals surface area (Å²) in [6, 6.07) is 1.81. The molecule has 0 radical (unpaired) electrons. The molecule has 1 aliphatic heterocycles. The number of nitrogens with one attached hydrogen (secondary N) is 1. The van der Waals surface area contributed by atoms with Crippen molar-refractivity contribution < 1.29 is 4.39 Å². The highest BCUT2D eigenvalue weighted by molar-refractivity contribution is 5.39. The second-order valence-electron chi connectivity index (χ2n) is 3.37. The number of aryl methyl sites for hydroxylation is 1. The standard InChI is InChI=1S/C9H13FN4/c1-7-6-8(13-9(10)12-7)14-4-2-11-3-5-14/h6,11H,2-5H2,1H3. The van der Waals surface area contributed by atoms with Crippen molar-refractivity contribution >= 4 is 5.82 Å². The van der Waals surface area contributed by atoms with Gasteiger partial charge in [0, 0.05) is 37.9 Å². The van der Waals surface area contributed by atoms with Crippen LogP contribution in [0.3, 0.4) is 0 Å². The van der Waals surface area contributed by atoms with Crippen LogP contribution < -0.4 is 10.2 Å². The number of halogens is 1. The Hall–Kier alpha value is -1.23. The summed E-state index contributed by atoms with van der Waals surface area (Å²) in [7, 11) is 0. The lowest BCUT2D eigenvalue weighted by molar-refractivity contribution is 0.525. The van der Waals surface area contributed by atoms with Gasteiger partial charge in [0.2, 0.25) is 0 Å². The maximum atomic E-state index is 12.9. The molecule has 0 saturated carbocycles. The number of rotatable bonds is 1. The molecule has 1 aliphatic rings. The van der Waals surface area contributed by atoms with E-state index in [-0.39, 0.29) is 0 Å². The van der Waals surface area contributed by atoms with Crippen molar-refractivity contribution in [3.8, 4) is 0 Å². The molecule has 0 aromatic carbocycles. The van der Waals surface area contributed by atoms with Gasteiger partial charge in [-0.25, -0.2) is 4.98 Å².